The van der Waals surface area contributed by atoms with E-state index in [4.69, 9.17) is 4.74 Å². The average Bonchev–Trinajstić information content (AvgIpc) is 2.67. The van der Waals surface area contributed by atoms with Gasteiger partial charge in [-0.15, -0.1) is 0 Å². The zero-order valence-corrected chi connectivity index (χ0v) is 15.7. The monoisotopic (exact) mass is 379 g/mol. The van der Waals surface area contributed by atoms with Crippen molar-refractivity contribution >= 4 is 27.7 Å². The van der Waals surface area contributed by atoms with E-state index >= 15 is 0 Å². The molecule has 6 heteroatoms. The van der Waals surface area contributed by atoms with Crippen molar-refractivity contribution in [2.75, 3.05) is 5.32 Å². The van der Waals surface area contributed by atoms with Crippen LogP contribution in [-0.4, -0.2) is 21.5 Å². The van der Waals surface area contributed by atoms with Crippen molar-refractivity contribution in [2.45, 2.75) is 46.8 Å². The van der Waals surface area contributed by atoms with Crippen molar-refractivity contribution < 1.29 is 9.53 Å². The Morgan fingerprint density at radius 1 is 1.26 bits per heavy atom. The average molecular weight is 380 g/mol. The Labute approximate surface area is 145 Å². The Morgan fingerprint density at radius 2 is 1.87 bits per heavy atom. The molecule has 0 fully saturated rings. The number of amides is 1. The third-order valence-electron chi connectivity index (χ3n) is 3.25. The molecule has 1 N–H and O–H groups in total. The van der Waals surface area contributed by atoms with Crippen LogP contribution in [0.5, 0.6) is 0 Å². The van der Waals surface area contributed by atoms with Crippen LogP contribution in [0.1, 0.15) is 37.7 Å². The second-order valence-electron chi connectivity index (χ2n) is 6.46. The first-order chi connectivity index (χ1) is 10.7. The van der Waals surface area contributed by atoms with E-state index in [-0.39, 0.29) is 0 Å². The van der Waals surface area contributed by atoms with Gasteiger partial charge in [-0.1, -0.05) is 28.1 Å². The number of rotatable bonds is 3. The first-order valence-electron chi connectivity index (χ1n) is 7.44. The Bertz CT molecular complexity index is 700. The molecule has 23 heavy (non-hydrogen) atoms. The molecule has 0 aliphatic rings. The van der Waals surface area contributed by atoms with Crippen LogP contribution in [0, 0.1) is 13.8 Å². The molecule has 2 rings (SSSR count). The smallest absolute Gasteiger partial charge is 0.412 e. The van der Waals surface area contributed by atoms with Gasteiger partial charge >= 0.3 is 6.09 Å². The van der Waals surface area contributed by atoms with Crippen molar-refractivity contribution in [3.8, 4) is 0 Å². The molecular weight excluding hydrogens is 358 g/mol. The number of aromatic nitrogens is 2. The number of halogens is 1. The summed E-state index contributed by atoms with van der Waals surface area (Å²) >= 11 is 3.43. The quantitative estimate of drug-likeness (QED) is 0.843. The van der Waals surface area contributed by atoms with Gasteiger partial charge in [-0.2, -0.15) is 5.10 Å². The lowest BCUT2D eigenvalue weighted by atomic mass is 10.2. The second-order valence-corrected chi connectivity index (χ2v) is 7.37. The van der Waals surface area contributed by atoms with Gasteiger partial charge in [0.2, 0.25) is 0 Å². The van der Waals surface area contributed by atoms with Crippen LogP contribution in [0.15, 0.2) is 28.7 Å². The molecule has 124 valence electrons. The predicted octanol–water partition coefficient (Wildman–Crippen LogP) is 4.66. The van der Waals surface area contributed by atoms with Crippen LogP contribution >= 0.6 is 15.9 Å². The summed E-state index contributed by atoms with van der Waals surface area (Å²) in [7, 11) is 0. The lowest BCUT2D eigenvalue weighted by Crippen LogP contribution is -2.27. The Morgan fingerprint density at radius 3 is 2.43 bits per heavy atom. The van der Waals surface area contributed by atoms with Crippen molar-refractivity contribution in [2.24, 2.45) is 0 Å². The normalized spacial score (nSPS) is 11.4. The van der Waals surface area contributed by atoms with Gasteiger partial charge in [-0.05, 0) is 52.3 Å². The number of carbonyl (C=O) groups is 1. The molecule has 0 bridgehead atoms. The van der Waals surface area contributed by atoms with Crippen LogP contribution in [-0.2, 0) is 11.3 Å². The van der Waals surface area contributed by atoms with E-state index in [2.05, 4.69) is 26.3 Å². The number of anilines is 1. The van der Waals surface area contributed by atoms with Gasteiger partial charge in [0.1, 0.15) is 5.60 Å². The summed E-state index contributed by atoms with van der Waals surface area (Å²) in [5.41, 5.74) is 2.99. The highest BCUT2D eigenvalue weighted by Gasteiger charge is 2.19. The Hall–Kier alpha value is -1.82. The van der Waals surface area contributed by atoms with E-state index in [9.17, 15) is 4.79 Å². The summed E-state index contributed by atoms with van der Waals surface area (Å²) in [6, 6.07) is 8.09. The molecule has 0 saturated heterocycles. The van der Waals surface area contributed by atoms with Crippen LogP contribution in [0.4, 0.5) is 10.5 Å². The van der Waals surface area contributed by atoms with E-state index in [0.717, 1.165) is 21.4 Å². The van der Waals surface area contributed by atoms with E-state index in [1.54, 1.807) is 0 Å². The zero-order valence-electron chi connectivity index (χ0n) is 14.1. The molecule has 0 aliphatic carbocycles. The summed E-state index contributed by atoms with van der Waals surface area (Å²) in [5, 5.41) is 7.31. The van der Waals surface area contributed by atoms with Crippen molar-refractivity contribution in [1.29, 1.82) is 0 Å². The minimum atomic E-state index is -0.528. The fourth-order valence-corrected chi connectivity index (χ4v) is 2.46. The van der Waals surface area contributed by atoms with E-state index in [1.807, 2.05) is 63.6 Å². The fraction of sp³-hybridized carbons (Fsp3) is 0.412. The largest absolute Gasteiger partial charge is 0.444 e. The van der Waals surface area contributed by atoms with E-state index in [0.29, 0.717) is 12.2 Å². The third-order valence-corrected chi connectivity index (χ3v) is 3.78. The van der Waals surface area contributed by atoms with Crippen LogP contribution < -0.4 is 5.32 Å². The number of nitrogens with one attached hydrogen (secondary N) is 1. The highest BCUT2D eigenvalue weighted by Crippen LogP contribution is 2.22. The van der Waals surface area contributed by atoms with Gasteiger partial charge < -0.3 is 4.74 Å². The molecule has 0 unspecified atom stereocenters. The SMILES string of the molecule is Cc1nn(Cc2ccc(Br)cc2)c(C)c1NC(=O)OC(C)(C)C. The number of ether oxygens (including phenoxy) is 1. The molecule has 0 radical (unpaired) electrons. The van der Waals surface area contributed by atoms with E-state index < -0.39 is 11.7 Å². The van der Waals surface area contributed by atoms with Crippen molar-refractivity contribution in [1.82, 2.24) is 9.78 Å². The van der Waals surface area contributed by atoms with Crippen molar-refractivity contribution in [3.63, 3.8) is 0 Å². The topological polar surface area (TPSA) is 56.2 Å². The molecule has 2 aromatic rings. The number of benzene rings is 1. The standard InChI is InChI=1S/C17H22BrN3O2/c1-11-15(19-16(22)23-17(3,4)5)12(2)21(20-11)10-13-6-8-14(18)9-7-13/h6-9H,10H2,1-5H3,(H,19,22). The lowest BCUT2D eigenvalue weighted by Gasteiger charge is -2.19. The van der Waals surface area contributed by atoms with Gasteiger partial charge in [-0.25, -0.2) is 4.79 Å². The van der Waals surface area contributed by atoms with Crippen molar-refractivity contribution in [3.05, 3.63) is 45.7 Å². The number of hydrogen-bond acceptors (Lipinski definition) is 3. The second kappa shape index (κ2) is 6.74. The van der Waals surface area contributed by atoms with Gasteiger partial charge in [0, 0.05) is 4.47 Å². The zero-order chi connectivity index (χ0) is 17.2. The number of nitrogens with zero attached hydrogens (tertiary/aromatic N) is 2. The molecule has 1 amide bonds. The maximum Gasteiger partial charge on any atom is 0.412 e. The Balaban J connectivity index is 2.15. The summed E-state index contributed by atoms with van der Waals surface area (Å²) in [6.07, 6.45) is -0.466. The van der Waals surface area contributed by atoms with Crippen LogP contribution in [0.3, 0.4) is 0 Å². The minimum absolute atomic E-state index is 0.466. The first kappa shape index (κ1) is 17.5. The van der Waals surface area contributed by atoms with E-state index in [1.165, 1.54) is 0 Å². The fourth-order valence-electron chi connectivity index (χ4n) is 2.20. The molecule has 1 heterocycles. The number of hydrogen-bond donors (Lipinski definition) is 1. The highest BCUT2D eigenvalue weighted by atomic mass is 79.9. The summed E-state index contributed by atoms with van der Waals surface area (Å²) in [5.74, 6) is 0. The molecule has 1 aromatic heterocycles. The number of carbonyl (C=O) groups excluding carboxylic acids is 1. The molecule has 5 nitrogen and oxygen atoms in total. The van der Waals surface area contributed by atoms with Crippen LogP contribution in [0.2, 0.25) is 0 Å². The minimum Gasteiger partial charge on any atom is -0.444 e. The molecule has 0 aliphatic heterocycles. The maximum absolute atomic E-state index is 12.0. The summed E-state index contributed by atoms with van der Waals surface area (Å²) in [6.45, 7) is 9.97. The third kappa shape index (κ3) is 4.82. The Kier molecular flexibility index (Phi) is 5.14. The molecule has 0 spiro atoms. The molecule has 0 saturated carbocycles. The summed E-state index contributed by atoms with van der Waals surface area (Å²) in [4.78, 5) is 12.0. The molecular formula is C17H22BrN3O2. The molecule has 0 atom stereocenters. The number of aryl methyl sites for hydroxylation is 1. The predicted molar refractivity (Wildman–Crippen MR) is 94.8 cm³/mol. The highest BCUT2D eigenvalue weighted by molar-refractivity contribution is 9.10. The first-order valence-corrected chi connectivity index (χ1v) is 8.23. The van der Waals surface area contributed by atoms with Crippen LogP contribution in [0.25, 0.3) is 0 Å². The van der Waals surface area contributed by atoms with Gasteiger partial charge in [0.15, 0.2) is 0 Å². The summed E-state index contributed by atoms with van der Waals surface area (Å²) < 4.78 is 8.22. The lowest BCUT2D eigenvalue weighted by molar-refractivity contribution is 0.0635. The molecule has 1 aromatic carbocycles. The van der Waals surface area contributed by atoms with Gasteiger partial charge in [0.25, 0.3) is 0 Å². The van der Waals surface area contributed by atoms with Gasteiger partial charge in [-0.3, -0.25) is 10.00 Å². The maximum atomic E-state index is 12.0. The van der Waals surface area contributed by atoms with Gasteiger partial charge in [0.05, 0.1) is 23.6 Å².